The molecule has 0 saturated heterocycles. The Kier molecular flexibility index (Phi) is 9.20. The molecule has 0 radical (unpaired) electrons. The number of fused-ring (bicyclic) bond motifs is 4. The summed E-state index contributed by atoms with van der Waals surface area (Å²) in [5.74, 6) is 5.41. The van der Waals surface area contributed by atoms with Crippen LogP contribution in [-0.4, -0.2) is 10.6 Å². The Labute approximate surface area is 294 Å². The molecule has 229 valence electrons. The van der Waals surface area contributed by atoms with Gasteiger partial charge in [-0.1, -0.05) is 0 Å². The quantitative estimate of drug-likeness (QED) is 0.157. The molecule has 2 unspecified atom stereocenters. The van der Waals surface area contributed by atoms with Crippen LogP contribution >= 0.6 is 24.8 Å². The van der Waals surface area contributed by atoms with Gasteiger partial charge in [-0.2, -0.15) is 0 Å². The summed E-state index contributed by atoms with van der Waals surface area (Å²) in [5.41, 5.74) is 2.65. The second kappa shape index (κ2) is 12.7. The minimum atomic E-state index is -2.54. The van der Waals surface area contributed by atoms with Gasteiger partial charge in [-0.3, -0.25) is 0 Å². The fraction of sp³-hybridized carbons (Fsp3) is 0.143. The van der Waals surface area contributed by atoms with E-state index in [1.807, 2.05) is 0 Å². The van der Waals surface area contributed by atoms with Gasteiger partial charge in [-0.25, -0.2) is 0 Å². The summed E-state index contributed by atoms with van der Waals surface area (Å²) in [6.45, 7) is 5.10. The molecule has 0 nitrogen and oxygen atoms in total. The van der Waals surface area contributed by atoms with E-state index >= 15 is 0 Å². The van der Waals surface area contributed by atoms with Gasteiger partial charge in [-0.15, -0.1) is 24.8 Å². The van der Waals surface area contributed by atoms with Gasteiger partial charge in [0.2, 0.25) is 0 Å². The fourth-order valence-electron chi connectivity index (χ4n) is 8.36. The Hall–Kier alpha value is -2.67. The third-order valence-corrected chi connectivity index (χ3v) is 41.1. The van der Waals surface area contributed by atoms with Gasteiger partial charge in [0.25, 0.3) is 0 Å². The zero-order valence-electron chi connectivity index (χ0n) is 26.8. The molecular formula is C42H39Cl2GeZr. The predicted octanol–water partition coefficient (Wildman–Crippen LogP) is 7.86. The summed E-state index contributed by atoms with van der Waals surface area (Å²) in [7, 11) is -1.77. The minimum absolute atomic E-state index is 0. The van der Waals surface area contributed by atoms with Gasteiger partial charge in [0, 0.05) is 0 Å². The summed E-state index contributed by atoms with van der Waals surface area (Å²) in [6, 6.07) is 50.6. The molecule has 0 aromatic heterocycles. The third-order valence-electron chi connectivity index (χ3n) is 10.2. The first kappa shape index (κ1) is 33.2. The Bertz CT molecular complexity index is 2200. The van der Waals surface area contributed by atoms with Gasteiger partial charge < -0.3 is 0 Å². The number of hydrogen-bond donors (Lipinski definition) is 0. The first-order chi connectivity index (χ1) is 21.4. The van der Waals surface area contributed by atoms with Crippen LogP contribution in [0.3, 0.4) is 0 Å². The van der Waals surface area contributed by atoms with Crippen LogP contribution in [0.1, 0.15) is 25.0 Å². The SMILES string of the molecule is Cl.Cl.[CH3][GeH]([CH3])[Zr]([C]1=c2ccccc2=CC1(C)c1cccc2ccccc12)[C]1=c2ccccc2=CC1(C)c1cccc2ccccc12. The molecule has 2 aliphatic rings. The molecule has 0 bridgehead atoms. The van der Waals surface area contributed by atoms with E-state index < -0.39 is 29.8 Å². The van der Waals surface area contributed by atoms with Gasteiger partial charge >= 0.3 is 272 Å². The molecule has 0 spiro atoms. The molecule has 8 rings (SSSR count). The van der Waals surface area contributed by atoms with E-state index in [2.05, 4.69) is 171 Å². The van der Waals surface area contributed by atoms with Crippen LogP contribution in [0.4, 0.5) is 0 Å². The van der Waals surface area contributed by atoms with Gasteiger partial charge in [0.15, 0.2) is 0 Å². The van der Waals surface area contributed by atoms with Crippen LogP contribution in [-0.2, 0) is 30.1 Å². The van der Waals surface area contributed by atoms with E-state index in [0.29, 0.717) is 0 Å². The zero-order valence-corrected chi connectivity index (χ0v) is 33.3. The summed E-state index contributed by atoms with van der Waals surface area (Å²) in [5, 5.41) is 11.3. The number of halogens is 2. The van der Waals surface area contributed by atoms with Crippen molar-refractivity contribution in [3.8, 4) is 0 Å². The van der Waals surface area contributed by atoms with E-state index in [1.54, 1.807) is 6.56 Å². The van der Waals surface area contributed by atoms with Crippen molar-refractivity contribution in [3.63, 3.8) is 0 Å². The maximum absolute atomic E-state index is 2.71. The summed E-state index contributed by atoms with van der Waals surface area (Å²) in [6.07, 6.45) is 5.26. The van der Waals surface area contributed by atoms with E-state index in [0.717, 1.165) is 0 Å². The number of benzene rings is 6. The monoisotopic (exact) mass is 777 g/mol. The Morgan fingerprint density at radius 2 is 0.826 bits per heavy atom. The normalized spacial score (nSPS) is 19.6. The fourth-order valence-corrected chi connectivity index (χ4v) is 43.8. The first-order valence-electron chi connectivity index (χ1n) is 15.9. The van der Waals surface area contributed by atoms with Crippen LogP contribution in [0.25, 0.3) is 40.3 Å². The molecule has 2 aliphatic carbocycles. The van der Waals surface area contributed by atoms with Gasteiger partial charge in [-0.05, 0) is 0 Å². The molecule has 0 amide bonds. The standard InChI is InChI=1S/2C20H15.C2H7Ge.2ClH.Zr/c2*1-20(13-16-8-2-3-9-17(16)14-20)19-12-6-10-15-7-4-5-11-18(15)19;1-3-2;;;/h2*2-13H,1H3;3H,1-2H3;2*1H;. The van der Waals surface area contributed by atoms with Crippen LogP contribution in [0.2, 0.25) is 11.5 Å². The van der Waals surface area contributed by atoms with Crippen LogP contribution < -0.4 is 20.9 Å². The summed E-state index contributed by atoms with van der Waals surface area (Å²) < 4.78 is 3.60. The predicted molar refractivity (Wildman–Crippen MR) is 203 cm³/mol. The third kappa shape index (κ3) is 5.05. The summed E-state index contributed by atoms with van der Waals surface area (Å²) >= 11 is -2.54. The van der Waals surface area contributed by atoms with Crippen LogP contribution in [0.15, 0.2) is 133 Å². The van der Waals surface area contributed by atoms with Gasteiger partial charge in [0.1, 0.15) is 0 Å². The van der Waals surface area contributed by atoms with Crippen molar-refractivity contribution in [2.24, 2.45) is 0 Å². The molecule has 2 atom stereocenters. The second-order valence-corrected chi connectivity index (χ2v) is 44.5. The van der Waals surface area contributed by atoms with E-state index in [-0.39, 0.29) is 35.6 Å². The first-order valence-corrected chi connectivity index (χ1v) is 31.8. The molecule has 0 saturated carbocycles. The average molecular weight is 779 g/mol. The molecule has 4 heteroatoms. The molecular weight excluding hydrogens is 739 g/mol. The van der Waals surface area contributed by atoms with E-state index in [9.17, 15) is 0 Å². The average Bonchev–Trinajstić information content (AvgIpc) is 3.52. The molecule has 0 N–H and O–H groups in total. The second-order valence-electron chi connectivity index (χ2n) is 13.2. The number of rotatable bonds is 5. The Balaban J connectivity index is 0.00000186. The van der Waals surface area contributed by atoms with Crippen molar-refractivity contribution in [1.82, 2.24) is 0 Å². The van der Waals surface area contributed by atoms with E-state index in [1.165, 1.54) is 53.5 Å². The van der Waals surface area contributed by atoms with Crippen molar-refractivity contribution in [2.75, 3.05) is 0 Å². The van der Waals surface area contributed by atoms with Crippen molar-refractivity contribution in [1.29, 1.82) is 0 Å². The molecule has 0 fully saturated rings. The Morgan fingerprint density at radius 1 is 0.457 bits per heavy atom. The molecule has 6 aromatic rings. The van der Waals surface area contributed by atoms with Gasteiger partial charge in [0.05, 0.1) is 0 Å². The van der Waals surface area contributed by atoms with Crippen molar-refractivity contribution < 1.29 is 19.2 Å². The Morgan fingerprint density at radius 3 is 1.26 bits per heavy atom. The van der Waals surface area contributed by atoms with Crippen molar-refractivity contribution >= 4 is 75.6 Å². The molecule has 0 heterocycles. The topological polar surface area (TPSA) is 0 Å². The zero-order chi connectivity index (χ0) is 30.1. The molecule has 6 aromatic carbocycles. The van der Waals surface area contributed by atoms with E-state index in [4.69, 9.17) is 0 Å². The van der Waals surface area contributed by atoms with Crippen LogP contribution in [0.5, 0.6) is 0 Å². The molecule has 0 aliphatic heterocycles. The van der Waals surface area contributed by atoms with Crippen LogP contribution in [0, 0.1) is 0 Å². The molecule has 46 heavy (non-hydrogen) atoms. The van der Waals surface area contributed by atoms with Crippen molar-refractivity contribution in [3.05, 3.63) is 165 Å². The van der Waals surface area contributed by atoms with Crippen molar-refractivity contribution in [2.45, 2.75) is 36.2 Å². The maximum atomic E-state index is 2.71. The number of hydrogen-bond acceptors (Lipinski definition) is 0. The summed E-state index contributed by atoms with van der Waals surface area (Å²) in [4.78, 5) is 0.